The van der Waals surface area contributed by atoms with E-state index in [9.17, 15) is 4.79 Å². The largest absolute Gasteiger partial charge is 0.319 e. The van der Waals surface area contributed by atoms with E-state index in [2.05, 4.69) is 22.3 Å². The number of hydrogen-bond donors (Lipinski definition) is 1. The molecular formula is C17H26ClN3OS. The van der Waals surface area contributed by atoms with Crippen LogP contribution in [0.5, 0.6) is 0 Å². The first kappa shape index (κ1) is 18.6. The molecule has 2 aliphatic heterocycles. The van der Waals surface area contributed by atoms with Gasteiger partial charge in [0.25, 0.3) is 0 Å². The van der Waals surface area contributed by atoms with Gasteiger partial charge in [0.15, 0.2) is 0 Å². The maximum atomic E-state index is 12.8. The van der Waals surface area contributed by atoms with Gasteiger partial charge in [0.2, 0.25) is 5.91 Å². The number of rotatable bonds is 4. The molecule has 2 aliphatic rings. The molecule has 4 nitrogen and oxygen atoms in total. The van der Waals surface area contributed by atoms with Crippen molar-refractivity contribution in [3.63, 3.8) is 0 Å². The van der Waals surface area contributed by atoms with E-state index in [4.69, 9.17) is 0 Å². The third kappa shape index (κ3) is 4.63. The number of likely N-dealkylation sites (tertiary alicyclic amines) is 1. The van der Waals surface area contributed by atoms with Gasteiger partial charge in [-0.3, -0.25) is 9.69 Å². The molecule has 1 unspecified atom stereocenters. The molecule has 23 heavy (non-hydrogen) atoms. The predicted octanol–water partition coefficient (Wildman–Crippen LogP) is 2.48. The van der Waals surface area contributed by atoms with Crippen LogP contribution in [0.2, 0.25) is 0 Å². The topological polar surface area (TPSA) is 35.6 Å². The lowest BCUT2D eigenvalue weighted by Crippen LogP contribution is -2.46. The molecule has 0 spiro atoms. The summed E-state index contributed by atoms with van der Waals surface area (Å²) >= 11 is 1.85. The number of nitrogens with one attached hydrogen (secondary N) is 1. The smallest absolute Gasteiger partial charge is 0.241 e. The zero-order valence-corrected chi connectivity index (χ0v) is 15.3. The van der Waals surface area contributed by atoms with Crippen molar-refractivity contribution in [2.24, 2.45) is 5.92 Å². The third-order valence-electron chi connectivity index (χ3n) is 4.48. The first-order chi connectivity index (χ1) is 10.8. The lowest BCUT2D eigenvalue weighted by atomic mass is 9.98. The van der Waals surface area contributed by atoms with Gasteiger partial charge in [-0.2, -0.15) is 0 Å². The van der Waals surface area contributed by atoms with Crippen LogP contribution in [0.15, 0.2) is 29.2 Å². The average Bonchev–Trinajstić information content (AvgIpc) is 2.55. The Morgan fingerprint density at radius 1 is 1.35 bits per heavy atom. The number of benzene rings is 1. The molecule has 1 aromatic carbocycles. The molecule has 1 N–H and O–H groups in total. The van der Waals surface area contributed by atoms with Crippen LogP contribution in [0.4, 0.5) is 5.69 Å². The number of anilines is 1. The Hall–Kier alpha value is -0.750. The Bertz CT molecular complexity index is 526. The number of halogens is 1. The second-order valence-electron chi connectivity index (χ2n) is 6.16. The molecule has 128 valence electrons. The van der Waals surface area contributed by atoms with Crippen molar-refractivity contribution in [3.8, 4) is 0 Å². The third-order valence-corrected chi connectivity index (χ3v) is 5.53. The molecule has 1 aromatic rings. The van der Waals surface area contributed by atoms with Crippen LogP contribution in [0.25, 0.3) is 0 Å². The fourth-order valence-corrected chi connectivity index (χ4v) is 4.45. The number of fused-ring (bicyclic) bond motifs is 1. The van der Waals surface area contributed by atoms with Crippen molar-refractivity contribution >= 4 is 35.8 Å². The van der Waals surface area contributed by atoms with Crippen molar-refractivity contribution < 1.29 is 4.79 Å². The summed E-state index contributed by atoms with van der Waals surface area (Å²) in [7, 11) is 2.01. The SMILES string of the molecule is CNCC1CCCN(CC(=O)N2CCSc3ccccc32)C1.Cl. The molecule has 6 heteroatoms. The second-order valence-corrected chi connectivity index (χ2v) is 7.30. The van der Waals surface area contributed by atoms with Gasteiger partial charge in [-0.05, 0) is 51.0 Å². The van der Waals surface area contributed by atoms with E-state index in [-0.39, 0.29) is 18.3 Å². The summed E-state index contributed by atoms with van der Waals surface area (Å²) < 4.78 is 0. The molecule has 1 amide bonds. The minimum atomic E-state index is 0. The average molecular weight is 356 g/mol. The summed E-state index contributed by atoms with van der Waals surface area (Å²) in [6.45, 7) is 4.52. The van der Waals surface area contributed by atoms with Crippen molar-refractivity contribution in [1.29, 1.82) is 0 Å². The molecule has 0 aromatic heterocycles. The highest BCUT2D eigenvalue weighted by molar-refractivity contribution is 7.99. The quantitative estimate of drug-likeness (QED) is 0.900. The Kier molecular flexibility index (Phi) is 7.21. The zero-order chi connectivity index (χ0) is 15.4. The summed E-state index contributed by atoms with van der Waals surface area (Å²) in [5.74, 6) is 1.92. The molecule has 1 atom stereocenters. The molecule has 1 saturated heterocycles. The lowest BCUT2D eigenvalue weighted by molar-refractivity contribution is -0.120. The first-order valence-corrected chi connectivity index (χ1v) is 9.15. The van der Waals surface area contributed by atoms with Crippen molar-refractivity contribution in [1.82, 2.24) is 10.2 Å². The van der Waals surface area contributed by atoms with Gasteiger partial charge >= 0.3 is 0 Å². The molecule has 0 bridgehead atoms. The van der Waals surface area contributed by atoms with E-state index in [1.54, 1.807) is 0 Å². The van der Waals surface area contributed by atoms with Crippen molar-refractivity contribution in [2.45, 2.75) is 17.7 Å². The molecule has 2 heterocycles. The van der Waals surface area contributed by atoms with Crippen LogP contribution in [-0.2, 0) is 4.79 Å². The van der Waals surface area contributed by atoms with Crippen molar-refractivity contribution in [2.75, 3.05) is 50.4 Å². The highest BCUT2D eigenvalue weighted by Crippen LogP contribution is 2.34. The molecule has 0 radical (unpaired) electrons. The van der Waals surface area contributed by atoms with Gasteiger partial charge in [0.05, 0.1) is 12.2 Å². The van der Waals surface area contributed by atoms with Gasteiger partial charge < -0.3 is 10.2 Å². The monoisotopic (exact) mass is 355 g/mol. The van der Waals surface area contributed by atoms with E-state index in [1.165, 1.54) is 17.7 Å². The van der Waals surface area contributed by atoms with E-state index < -0.39 is 0 Å². The molecule has 0 saturated carbocycles. The predicted molar refractivity (Wildman–Crippen MR) is 99.9 cm³/mol. The summed E-state index contributed by atoms with van der Waals surface area (Å²) in [5.41, 5.74) is 1.09. The number of piperidine rings is 1. The lowest BCUT2D eigenvalue weighted by Gasteiger charge is -2.35. The second kappa shape index (κ2) is 8.92. The number of hydrogen-bond acceptors (Lipinski definition) is 4. The highest BCUT2D eigenvalue weighted by atomic mass is 35.5. The van der Waals surface area contributed by atoms with E-state index >= 15 is 0 Å². The van der Waals surface area contributed by atoms with E-state index in [0.29, 0.717) is 12.5 Å². The standard InChI is InChI=1S/C17H25N3OS.ClH/c1-18-11-14-5-4-8-19(12-14)13-17(21)20-9-10-22-16-7-3-2-6-15(16)20;/h2-3,6-7,14,18H,4-5,8-13H2,1H3;1H. The molecule has 0 aliphatic carbocycles. The Balaban J connectivity index is 0.00000192. The van der Waals surface area contributed by atoms with Crippen LogP contribution in [0.3, 0.4) is 0 Å². The minimum absolute atomic E-state index is 0. The summed E-state index contributed by atoms with van der Waals surface area (Å²) in [5, 5.41) is 3.26. The maximum absolute atomic E-state index is 12.8. The fourth-order valence-electron chi connectivity index (χ4n) is 3.46. The van der Waals surface area contributed by atoms with Crippen LogP contribution in [0, 0.1) is 5.92 Å². The van der Waals surface area contributed by atoms with Crippen LogP contribution >= 0.6 is 24.2 Å². The van der Waals surface area contributed by atoms with Crippen LogP contribution < -0.4 is 10.2 Å². The number of thioether (sulfide) groups is 1. The maximum Gasteiger partial charge on any atom is 0.241 e. The van der Waals surface area contributed by atoms with Crippen LogP contribution in [-0.4, -0.2) is 56.3 Å². The van der Waals surface area contributed by atoms with Gasteiger partial charge in [-0.15, -0.1) is 24.2 Å². The fraction of sp³-hybridized carbons (Fsp3) is 0.588. The molecule has 3 rings (SSSR count). The van der Waals surface area contributed by atoms with E-state index in [1.807, 2.05) is 35.8 Å². The number of carbonyl (C=O) groups excluding carboxylic acids is 1. The first-order valence-electron chi connectivity index (χ1n) is 8.17. The number of carbonyl (C=O) groups is 1. The zero-order valence-electron chi connectivity index (χ0n) is 13.7. The Morgan fingerprint density at radius 3 is 3.00 bits per heavy atom. The van der Waals surface area contributed by atoms with Crippen molar-refractivity contribution in [3.05, 3.63) is 24.3 Å². The Labute approximate surface area is 149 Å². The molecule has 1 fully saturated rings. The van der Waals surface area contributed by atoms with Gasteiger partial charge in [0, 0.05) is 23.7 Å². The minimum Gasteiger partial charge on any atom is -0.319 e. The highest BCUT2D eigenvalue weighted by Gasteiger charge is 2.26. The Morgan fingerprint density at radius 2 is 2.17 bits per heavy atom. The number of nitrogens with zero attached hydrogens (tertiary/aromatic N) is 2. The normalized spacial score (nSPS) is 21.4. The summed E-state index contributed by atoms with van der Waals surface area (Å²) in [6, 6.07) is 8.25. The number of amides is 1. The van der Waals surface area contributed by atoms with Gasteiger partial charge in [-0.25, -0.2) is 0 Å². The van der Waals surface area contributed by atoms with Crippen LogP contribution in [0.1, 0.15) is 12.8 Å². The van der Waals surface area contributed by atoms with E-state index in [0.717, 1.165) is 37.6 Å². The van der Waals surface area contributed by atoms with Gasteiger partial charge in [0.1, 0.15) is 0 Å². The summed E-state index contributed by atoms with van der Waals surface area (Å²) in [4.78, 5) is 18.3. The number of para-hydroxylation sites is 1. The molecular weight excluding hydrogens is 330 g/mol. The summed E-state index contributed by atoms with van der Waals surface area (Å²) in [6.07, 6.45) is 2.47. The van der Waals surface area contributed by atoms with Gasteiger partial charge in [-0.1, -0.05) is 12.1 Å².